The molecule has 20 heavy (non-hydrogen) atoms. The normalized spacial score (nSPS) is 10.2. The number of hydrogen-bond acceptors (Lipinski definition) is 5. The lowest BCUT2D eigenvalue weighted by atomic mass is 10.1. The van der Waals surface area contributed by atoms with Crippen LogP contribution in [0, 0.1) is 0 Å². The molecule has 2 rings (SSSR count). The second-order valence-electron chi connectivity index (χ2n) is 4.03. The second kappa shape index (κ2) is 6.67. The highest BCUT2D eigenvalue weighted by molar-refractivity contribution is 9.10. The molecule has 0 saturated carbocycles. The number of benzene rings is 1. The number of carbonyl (C=O) groups is 2. The summed E-state index contributed by atoms with van der Waals surface area (Å²) < 4.78 is 5.65. The van der Waals surface area contributed by atoms with E-state index in [1.165, 1.54) is 23.5 Å². The highest BCUT2D eigenvalue weighted by Crippen LogP contribution is 2.23. The minimum Gasteiger partial charge on any atom is -0.508 e. The van der Waals surface area contributed by atoms with Crippen LogP contribution in [-0.2, 0) is 16.0 Å². The molecule has 0 spiro atoms. The van der Waals surface area contributed by atoms with E-state index in [1.54, 1.807) is 23.6 Å². The Morgan fingerprint density at radius 3 is 2.75 bits per heavy atom. The van der Waals surface area contributed by atoms with Gasteiger partial charge in [0.25, 0.3) is 0 Å². The van der Waals surface area contributed by atoms with Crippen molar-refractivity contribution in [1.29, 1.82) is 0 Å². The number of carbonyl (C=O) groups excluding carboxylic acids is 2. The van der Waals surface area contributed by atoms with Crippen LogP contribution in [0.3, 0.4) is 0 Å². The summed E-state index contributed by atoms with van der Waals surface area (Å²) in [4.78, 5) is 24.0. The van der Waals surface area contributed by atoms with Crippen LogP contribution in [0.2, 0.25) is 0 Å². The lowest BCUT2D eigenvalue weighted by molar-refractivity contribution is -0.141. The fraction of sp³-hybridized carbons (Fsp3) is 0.143. The minimum absolute atomic E-state index is 0.0211. The number of Topliss-reactive ketones (excluding diaryl/α,β-unsaturated/α-hetero) is 1. The van der Waals surface area contributed by atoms with E-state index < -0.39 is 5.97 Å². The predicted molar refractivity (Wildman–Crippen MR) is 79.1 cm³/mol. The summed E-state index contributed by atoms with van der Waals surface area (Å²) in [6.45, 7) is -0.281. The maximum Gasteiger partial charge on any atom is 0.310 e. The summed E-state index contributed by atoms with van der Waals surface area (Å²) in [7, 11) is 0. The molecule has 0 aliphatic rings. The van der Waals surface area contributed by atoms with Crippen LogP contribution in [0.5, 0.6) is 5.75 Å². The summed E-state index contributed by atoms with van der Waals surface area (Å²) in [6.07, 6.45) is 0.0211. The number of rotatable bonds is 5. The van der Waals surface area contributed by atoms with Gasteiger partial charge in [0.1, 0.15) is 5.75 Å². The maximum absolute atomic E-state index is 11.8. The monoisotopic (exact) mass is 354 g/mol. The van der Waals surface area contributed by atoms with Crippen molar-refractivity contribution in [2.75, 3.05) is 6.61 Å². The van der Waals surface area contributed by atoms with Gasteiger partial charge in [-0.25, -0.2) is 0 Å². The van der Waals surface area contributed by atoms with Crippen molar-refractivity contribution in [2.24, 2.45) is 0 Å². The van der Waals surface area contributed by atoms with Crippen molar-refractivity contribution < 1.29 is 19.4 Å². The average Bonchev–Trinajstić information content (AvgIpc) is 2.82. The largest absolute Gasteiger partial charge is 0.508 e. The van der Waals surface area contributed by atoms with Crippen molar-refractivity contribution >= 4 is 39.0 Å². The summed E-state index contributed by atoms with van der Waals surface area (Å²) in [5.74, 6) is -0.651. The van der Waals surface area contributed by atoms with Gasteiger partial charge in [0.15, 0.2) is 6.61 Å². The SMILES string of the molecule is O=C(Cc1cccc(O)c1)OCC(=O)c1sccc1Br. The molecule has 0 radical (unpaired) electrons. The third kappa shape index (κ3) is 3.91. The van der Waals surface area contributed by atoms with Crippen LogP contribution in [0.25, 0.3) is 0 Å². The molecule has 1 heterocycles. The highest BCUT2D eigenvalue weighted by atomic mass is 79.9. The number of hydrogen-bond donors (Lipinski definition) is 1. The molecule has 1 N–H and O–H groups in total. The van der Waals surface area contributed by atoms with E-state index in [-0.39, 0.29) is 24.6 Å². The van der Waals surface area contributed by atoms with Crippen LogP contribution in [-0.4, -0.2) is 23.5 Å². The first kappa shape index (κ1) is 14.7. The molecule has 0 amide bonds. The van der Waals surface area contributed by atoms with Gasteiger partial charge in [0, 0.05) is 4.47 Å². The van der Waals surface area contributed by atoms with Crippen LogP contribution < -0.4 is 0 Å². The van der Waals surface area contributed by atoms with E-state index >= 15 is 0 Å². The molecule has 2 aromatic rings. The number of ketones is 1. The Morgan fingerprint density at radius 2 is 2.10 bits per heavy atom. The van der Waals surface area contributed by atoms with Crippen molar-refractivity contribution in [2.45, 2.75) is 6.42 Å². The summed E-state index contributed by atoms with van der Waals surface area (Å²) in [5, 5.41) is 11.1. The molecule has 104 valence electrons. The van der Waals surface area contributed by atoms with Gasteiger partial charge >= 0.3 is 5.97 Å². The van der Waals surface area contributed by atoms with Gasteiger partial charge in [-0.1, -0.05) is 12.1 Å². The molecule has 0 atom stereocenters. The fourth-order valence-corrected chi connectivity index (χ4v) is 3.11. The van der Waals surface area contributed by atoms with E-state index in [1.807, 2.05) is 0 Å². The lowest BCUT2D eigenvalue weighted by Gasteiger charge is -2.04. The molecule has 0 unspecified atom stereocenters. The molecule has 0 bridgehead atoms. The van der Waals surface area contributed by atoms with Crippen molar-refractivity contribution in [3.05, 3.63) is 50.6 Å². The van der Waals surface area contributed by atoms with E-state index in [4.69, 9.17) is 4.74 Å². The van der Waals surface area contributed by atoms with Crippen LogP contribution >= 0.6 is 27.3 Å². The first-order valence-electron chi connectivity index (χ1n) is 5.76. The first-order valence-corrected chi connectivity index (χ1v) is 7.43. The van der Waals surface area contributed by atoms with E-state index in [2.05, 4.69) is 15.9 Å². The van der Waals surface area contributed by atoms with Gasteiger partial charge in [-0.15, -0.1) is 11.3 Å². The van der Waals surface area contributed by atoms with Gasteiger partial charge in [0.05, 0.1) is 11.3 Å². The zero-order valence-corrected chi connectivity index (χ0v) is 12.7. The van der Waals surface area contributed by atoms with E-state index in [9.17, 15) is 14.7 Å². The number of esters is 1. The lowest BCUT2D eigenvalue weighted by Crippen LogP contribution is -2.15. The smallest absolute Gasteiger partial charge is 0.310 e. The Labute approximate surface area is 128 Å². The van der Waals surface area contributed by atoms with Crippen LogP contribution in [0.4, 0.5) is 0 Å². The van der Waals surface area contributed by atoms with Gasteiger partial charge in [0.2, 0.25) is 5.78 Å². The Morgan fingerprint density at radius 1 is 1.30 bits per heavy atom. The number of halogens is 1. The molecule has 0 fully saturated rings. The van der Waals surface area contributed by atoms with Crippen molar-refractivity contribution in [1.82, 2.24) is 0 Å². The highest BCUT2D eigenvalue weighted by Gasteiger charge is 2.14. The molecular weight excluding hydrogens is 344 g/mol. The van der Waals surface area contributed by atoms with E-state index in [0.717, 1.165) is 0 Å². The molecule has 0 saturated heterocycles. The van der Waals surface area contributed by atoms with Gasteiger partial charge in [-0.3, -0.25) is 9.59 Å². The Kier molecular flexibility index (Phi) is 4.92. The zero-order chi connectivity index (χ0) is 14.5. The number of phenols is 1. The standard InChI is InChI=1S/C14H11BrO4S/c15-11-4-5-20-14(11)12(17)8-19-13(18)7-9-2-1-3-10(16)6-9/h1-6,16H,7-8H2. The summed E-state index contributed by atoms with van der Waals surface area (Å²) >= 11 is 4.55. The molecule has 1 aromatic heterocycles. The third-order valence-corrected chi connectivity index (χ3v) is 4.37. The number of aromatic hydroxyl groups is 1. The molecule has 0 aliphatic heterocycles. The minimum atomic E-state index is -0.503. The molecule has 6 heteroatoms. The Hall–Kier alpha value is -1.66. The first-order chi connectivity index (χ1) is 9.56. The van der Waals surface area contributed by atoms with Crippen LogP contribution in [0.1, 0.15) is 15.2 Å². The predicted octanol–water partition coefficient (Wildman–Crippen LogP) is 3.18. The second-order valence-corrected chi connectivity index (χ2v) is 5.80. The molecule has 4 nitrogen and oxygen atoms in total. The molecule has 1 aromatic carbocycles. The molecular formula is C14H11BrO4S. The summed E-state index contributed by atoms with van der Waals surface area (Å²) in [5.41, 5.74) is 0.639. The summed E-state index contributed by atoms with van der Waals surface area (Å²) in [6, 6.07) is 8.13. The number of thiophene rings is 1. The third-order valence-electron chi connectivity index (χ3n) is 2.49. The fourth-order valence-electron chi connectivity index (χ4n) is 1.59. The topological polar surface area (TPSA) is 63.6 Å². The average molecular weight is 355 g/mol. The van der Waals surface area contributed by atoms with Crippen LogP contribution in [0.15, 0.2) is 40.2 Å². The Balaban J connectivity index is 1.87. The number of ether oxygens (including phenoxy) is 1. The number of phenolic OH excluding ortho intramolecular Hbond substituents is 1. The van der Waals surface area contributed by atoms with Gasteiger partial charge < -0.3 is 9.84 Å². The quantitative estimate of drug-likeness (QED) is 0.661. The molecule has 0 aliphatic carbocycles. The van der Waals surface area contributed by atoms with Crippen molar-refractivity contribution in [3.63, 3.8) is 0 Å². The van der Waals surface area contributed by atoms with Crippen molar-refractivity contribution in [3.8, 4) is 5.75 Å². The zero-order valence-electron chi connectivity index (χ0n) is 10.3. The maximum atomic E-state index is 11.8. The Bertz CT molecular complexity index is 636. The van der Waals surface area contributed by atoms with Gasteiger partial charge in [-0.05, 0) is 45.1 Å². The van der Waals surface area contributed by atoms with Gasteiger partial charge in [-0.2, -0.15) is 0 Å². The van der Waals surface area contributed by atoms with E-state index in [0.29, 0.717) is 14.9 Å².